The average Bonchev–Trinajstić information content (AvgIpc) is 3.11. The molecule has 0 aliphatic heterocycles. The number of aryl methyl sites for hydroxylation is 1. The van der Waals surface area contributed by atoms with Gasteiger partial charge in [-0.3, -0.25) is 4.79 Å². The van der Waals surface area contributed by atoms with Crippen LogP contribution in [0.4, 0.5) is 5.69 Å². The van der Waals surface area contributed by atoms with Crippen LogP contribution in [0.25, 0.3) is 11.4 Å². The van der Waals surface area contributed by atoms with Gasteiger partial charge < -0.3 is 10.1 Å². The van der Waals surface area contributed by atoms with Crippen molar-refractivity contribution in [2.45, 2.75) is 26.8 Å². The maximum absolute atomic E-state index is 12.3. The number of hydrogen-bond acceptors (Lipinski definition) is 5. The summed E-state index contributed by atoms with van der Waals surface area (Å²) in [5.74, 6) is 1.06. The number of tetrazole rings is 1. The molecule has 0 aliphatic rings. The molecule has 0 spiro atoms. The lowest BCUT2D eigenvalue weighted by molar-refractivity contribution is -0.117. The SMILES string of the molecule is CCOc1ccc(-c2nnn(CC(=O)Nc3ccccc3CC)n2)cc1. The lowest BCUT2D eigenvalue weighted by Crippen LogP contribution is -2.21. The van der Waals surface area contributed by atoms with Crippen molar-refractivity contribution >= 4 is 11.6 Å². The van der Waals surface area contributed by atoms with Gasteiger partial charge in [-0.2, -0.15) is 4.80 Å². The van der Waals surface area contributed by atoms with Crippen LogP contribution in [0, 0.1) is 0 Å². The van der Waals surface area contributed by atoms with E-state index in [1.807, 2.05) is 62.4 Å². The first-order chi connectivity index (χ1) is 12.7. The van der Waals surface area contributed by atoms with E-state index in [9.17, 15) is 4.79 Å². The number of anilines is 1. The van der Waals surface area contributed by atoms with E-state index in [2.05, 4.69) is 20.7 Å². The number of carbonyl (C=O) groups excluding carboxylic acids is 1. The number of ether oxygens (including phenoxy) is 1. The molecule has 1 heterocycles. The molecule has 0 atom stereocenters. The lowest BCUT2D eigenvalue weighted by Gasteiger charge is -2.08. The van der Waals surface area contributed by atoms with Crippen molar-refractivity contribution in [3.05, 3.63) is 54.1 Å². The lowest BCUT2D eigenvalue weighted by atomic mass is 10.1. The van der Waals surface area contributed by atoms with Crippen LogP contribution in [0.5, 0.6) is 5.75 Å². The zero-order valence-corrected chi connectivity index (χ0v) is 14.8. The van der Waals surface area contributed by atoms with Gasteiger partial charge in [0.25, 0.3) is 0 Å². The van der Waals surface area contributed by atoms with Crippen LogP contribution in [0.2, 0.25) is 0 Å². The van der Waals surface area contributed by atoms with E-state index in [4.69, 9.17) is 4.74 Å². The smallest absolute Gasteiger partial charge is 0.248 e. The summed E-state index contributed by atoms with van der Waals surface area (Å²) in [7, 11) is 0. The van der Waals surface area contributed by atoms with Crippen molar-refractivity contribution < 1.29 is 9.53 Å². The molecular weight excluding hydrogens is 330 g/mol. The van der Waals surface area contributed by atoms with E-state index in [1.165, 1.54) is 4.80 Å². The minimum Gasteiger partial charge on any atom is -0.494 e. The summed E-state index contributed by atoms with van der Waals surface area (Å²) in [6.45, 7) is 4.60. The number of benzene rings is 2. The predicted molar refractivity (Wildman–Crippen MR) is 98.9 cm³/mol. The number of para-hydroxylation sites is 1. The molecule has 0 bridgehead atoms. The van der Waals surface area contributed by atoms with Crippen molar-refractivity contribution in [1.82, 2.24) is 20.2 Å². The number of nitrogens with zero attached hydrogens (tertiary/aromatic N) is 4. The fourth-order valence-corrected chi connectivity index (χ4v) is 2.56. The van der Waals surface area contributed by atoms with Gasteiger partial charge in [-0.1, -0.05) is 25.1 Å². The third-order valence-corrected chi connectivity index (χ3v) is 3.83. The minimum atomic E-state index is -0.193. The van der Waals surface area contributed by atoms with Gasteiger partial charge in [0.2, 0.25) is 11.7 Å². The Kier molecular flexibility index (Phi) is 5.58. The number of rotatable bonds is 7. The highest BCUT2D eigenvalue weighted by atomic mass is 16.5. The molecule has 1 amide bonds. The zero-order valence-electron chi connectivity index (χ0n) is 14.8. The van der Waals surface area contributed by atoms with Crippen molar-refractivity contribution in [1.29, 1.82) is 0 Å². The monoisotopic (exact) mass is 351 g/mol. The fraction of sp³-hybridized carbons (Fsp3) is 0.263. The first kappa shape index (κ1) is 17.6. The molecule has 7 nitrogen and oxygen atoms in total. The van der Waals surface area contributed by atoms with Gasteiger partial charge in [0.1, 0.15) is 12.3 Å². The summed E-state index contributed by atoms with van der Waals surface area (Å²) in [4.78, 5) is 13.5. The van der Waals surface area contributed by atoms with Crippen molar-refractivity contribution in [2.24, 2.45) is 0 Å². The van der Waals surface area contributed by atoms with Gasteiger partial charge in [-0.05, 0) is 54.5 Å². The van der Waals surface area contributed by atoms with E-state index in [0.717, 1.165) is 29.0 Å². The number of hydrogen-bond donors (Lipinski definition) is 1. The second kappa shape index (κ2) is 8.24. The highest BCUT2D eigenvalue weighted by Crippen LogP contribution is 2.19. The first-order valence-corrected chi connectivity index (χ1v) is 8.58. The maximum Gasteiger partial charge on any atom is 0.248 e. The standard InChI is InChI=1S/C19H21N5O2/c1-3-14-7-5-6-8-17(14)20-18(25)13-24-22-19(21-23-24)15-9-11-16(12-10-15)26-4-2/h5-12H,3-4,13H2,1-2H3,(H,20,25). The Morgan fingerprint density at radius 3 is 2.62 bits per heavy atom. The highest BCUT2D eigenvalue weighted by Gasteiger charge is 2.11. The fourth-order valence-electron chi connectivity index (χ4n) is 2.56. The Hall–Kier alpha value is -3.22. The van der Waals surface area contributed by atoms with Gasteiger partial charge in [0.15, 0.2) is 0 Å². The average molecular weight is 351 g/mol. The predicted octanol–water partition coefficient (Wildman–Crippen LogP) is 2.94. The largest absolute Gasteiger partial charge is 0.494 e. The van der Waals surface area contributed by atoms with E-state index in [1.54, 1.807) is 0 Å². The molecule has 1 aromatic heterocycles. The topological polar surface area (TPSA) is 81.9 Å². The third-order valence-electron chi connectivity index (χ3n) is 3.83. The Labute approximate surface area is 152 Å². The van der Waals surface area contributed by atoms with E-state index >= 15 is 0 Å². The number of carbonyl (C=O) groups is 1. The second-order valence-electron chi connectivity index (χ2n) is 5.66. The number of amides is 1. The Morgan fingerprint density at radius 2 is 1.88 bits per heavy atom. The summed E-state index contributed by atoms with van der Waals surface area (Å²) >= 11 is 0. The van der Waals surface area contributed by atoms with Crippen molar-refractivity contribution in [3.8, 4) is 17.1 Å². The van der Waals surface area contributed by atoms with E-state index < -0.39 is 0 Å². The molecule has 3 aromatic rings. The Morgan fingerprint density at radius 1 is 1.12 bits per heavy atom. The van der Waals surface area contributed by atoms with Gasteiger partial charge >= 0.3 is 0 Å². The van der Waals surface area contributed by atoms with Crippen LogP contribution < -0.4 is 10.1 Å². The summed E-state index contributed by atoms with van der Waals surface area (Å²) in [6, 6.07) is 15.2. The molecule has 1 N–H and O–H groups in total. The molecule has 0 unspecified atom stereocenters. The summed E-state index contributed by atoms with van der Waals surface area (Å²) < 4.78 is 5.42. The molecule has 2 aromatic carbocycles. The van der Waals surface area contributed by atoms with Crippen molar-refractivity contribution in [2.75, 3.05) is 11.9 Å². The second-order valence-corrected chi connectivity index (χ2v) is 5.66. The molecule has 0 saturated carbocycles. The van der Waals surface area contributed by atoms with Crippen LogP contribution in [-0.4, -0.2) is 32.7 Å². The molecule has 0 fully saturated rings. The van der Waals surface area contributed by atoms with Crippen LogP contribution >= 0.6 is 0 Å². The molecule has 26 heavy (non-hydrogen) atoms. The first-order valence-electron chi connectivity index (χ1n) is 8.58. The Bertz CT molecular complexity index is 874. The van der Waals surface area contributed by atoms with Crippen molar-refractivity contribution in [3.63, 3.8) is 0 Å². The van der Waals surface area contributed by atoms with E-state index in [-0.39, 0.29) is 12.5 Å². The van der Waals surface area contributed by atoms with Gasteiger partial charge in [0.05, 0.1) is 6.61 Å². The summed E-state index contributed by atoms with van der Waals surface area (Å²) in [5.41, 5.74) is 2.71. The number of aromatic nitrogens is 4. The van der Waals surface area contributed by atoms with Gasteiger partial charge in [0, 0.05) is 11.3 Å². The van der Waals surface area contributed by atoms with Gasteiger partial charge in [-0.25, -0.2) is 0 Å². The minimum absolute atomic E-state index is 0.00206. The number of nitrogens with one attached hydrogen (secondary N) is 1. The van der Waals surface area contributed by atoms with E-state index in [0.29, 0.717) is 12.4 Å². The Balaban J connectivity index is 1.65. The summed E-state index contributed by atoms with van der Waals surface area (Å²) in [6.07, 6.45) is 0.847. The van der Waals surface area contributed by atoms with Crippen LogP contribution in [-0.2, 0) is 17.8 Å². The molecule has 0 saturated heterocycles. The zero-order chi connectivity index (χ0) is 18.4. The summed E-state index contributed by atoms with van der Waals surface area (Å²) in [5, 5.41) is 15.1. The highest BCUT2D eigenvalue weighted by molar-refractivity contribution is 5.91. The third kappa shape index (κ3) is 4.24. The molecule has 0 radical (unpaired) electrons. The van der Waals surface area contributed by atoms with Crippen LogP contribution in [0.15, 0.2) is 48.5 Å². The molecule has 134 valence electrons. The molecular formula is C19H21N5O2. The normalized spacial score (nSPS) is 10.5. The molecule has 7 heteroatoms. The van der Waals surface area contributed by atoms with Crippen LogP contribution in [0.3, 0.4) is 0 Å². The molecule has 3 rings (SSSR count). The maximum atomic E-state index is 12.3. The van der Waals surface area contributed by atoms with Crippen LogP contribution in [0.1, 0.15) is 19.4 Å². The molecule has 0 aliphatic carbocycles. The quantitative estimate of drug-likeness (QED) is 0.708. The van der Waals surface area contributed by atoms with Gasteiger partial charge in [-0.15, -0.1) is 10.2 Å².